The zero-order valence-electron chi connectivity index (χ0n) is 25.8. The van der Waals surface area contributed by atoms with E-state index >= 15 is 0 Å². The molecule has 0 aromatic heterocycles. The van der Waals surface area contributed by atoms with Crippen molar-refractivity contribution in [2.24, 2.45) is 0 Å². The lowest BCUT2D eigenvalue weighted by Crippen LogP contribution is -2.29. The average molecular weight is 623 g/mol. The average Bonchev–Trinajstić information content (AvgIpc) is 3.57. The third-order valence-corrected chi connectivity index (χ3v) is 10.4. The zero-order chi connectivity index (χ0) is 32.6. The fourth-order valence-corrected chi connectivity index (χ4v) is 8.47. The minimum atomic E-state index is -0.736. The summed E-state index contributed by atoms with van der Waals surface area (Å²) < 4.78 is 0. The third kappa shape index (κ3) is 3.66. The lowest BCUT2D eigenvalue weighted by molar-refractivity contribution is 0.473. The Balaban J connectivity index is 1.44. The number of hydrogen-bond acceptors (Lipinski definition) is 4. The Morgan fingerprint density at radius 3 is 0.833 bits per heavy atom. The standard InChI is InChI=1S/C44H30O4/c45-31-17-9-27(10-18-31)43(28-11-19-32(46)20-12-28)39-7-3-1-5-35(39)37-25-42-38(26-41(37)43)36-6-2-4-8-40(36)44(42,29-13-21-33(47)22-14-29)30-15-23-34(48)24-16-30/h1-26,45-48H. The molecule has 0 aliphatic heterocycles. The molecule has 0 atom stereocenters. The molecule has 0 heterocycles. The number of phenols is 4. The fourth-order valence-electron chi connectivity index (χ4n) is 8.47. The highest BCUT2D eigenvalue weighted by Gasteiger charge is 2.51. The summed E-state index contributed by atoms with van der Waals surface area (Å²) in [5.74, 6) is 0.784. The van der Waals surface area contributed by atoms with Crippen LogP contribution in [-0.2, 0) is 10.8 Å². The summed E-state index contributed by atoms with van der Waals surface area (Å²) >= 11 is 0. The Labute approximate surface area is 278 Å². The first kappa shape index (κ1) is 28.0. The molecule has 4 N–H and O–H groups in total. The van der Waals surface area contributed by atoms with E-state index in [0.717, 1.165) is 66.8 Å². The SMILES string of the molecule is Oc1ccc(C2(c3ccc(O)cc3)c3ccccc3-c3cc4c(cc32)-c2ccccc2C4(c2ccc(O)cc2)c2ccc(O)cc2)cc1. The second-order valence-corrected chi connectivity index (χ2v) is 12.7. The van der Waals surface area contributed by atoms with Gasteiger partial charge in [-0.15, -0.1) is 0 Å². The van der Waals surface area contributed by atoms with Crippen LogP contribution in [0, 0.1) is 0 Å². The van der Waals surface area contributed by atoms with Gasteiger partial charge in [0.05, 0.1) is 10.8 Å². The molecular formula is C44H30O4. The topological polar surface area (TPSA) is 80.9 Å². The smallest absolute Gasteiger partial charge is 0.115 e. The predicted octanol–water partition coefficient (Wildman–Crippen LogP) is 9.24. The summed E-state index contributed by atoms with van der Waals surface area (Å²) in [4.78, 5) is 0. The molecule has 7 aromatic rings. The van der Waals surface area contributed by atoms with Crippen LogP contribution in [-0.4, -0.2) is 20.4 Å². The molecule has 0 bridgehead atoms. The molecule has 0 amide bonds. The monoisotopic (exact) mass is 622 g/mol. The van der Waals surface area contributed by atoms with Gasteiger partial charge in [0, 0.05) is 0 Å². The van der Waals surface area contributed by atoms with E-state index in [2.05, 4.69) is 60.7 Å². The quantitative estimate of drug-likeness (QED) is 0.158. The molecule has 0 radical (unpaired) electrons. The van der Waals surface area contributed by atoms with Gasteiger partial charge in [-0.25, -0.2) is 0 Å². The van der Waals surface area contributed by atoms with Crippen LogP contribution in [0.1, 0.15) is 44.5 Å². The van der Waals surface area contributed by atoms with Gasteiger partial charge in [-0.2, -0.15) is 0 Å². The molecule has 0 unspecified atom stereocenters. The summed E-state index contributed by atoms with van der Waals surface area (Å²) in [6, 6.07) is 51.5. The van der Waals surface area contributed by atoms with Crippen LogP contribution in [0.15, 0.2) is 158 Å². The maximum absolute atomic E-state index is 10.4. The summed E-state index contributed by atoms with van der Waals surface area (Å²) in [6.07, 6.45) is 0. The van der Waals surface area contributed by atoms with E-state index in [-0.39, 0.29) is 23.0 Å². The molecule has 2 aliphatic carbocycles. The van der Waals surface area contributed by atoms with Gasteiger partial charge < -0.3 is 20.4 Å². The highest BCUT2D eigenvalue weighted by Crippen LogP contribution is 2.62. The van der Waals surface area contributed by atoms with Crippen molar-refractivity contribution in [1.82, 2.24) is 0 Å². The molecule has 0 fully saturated rings. The van der Waals surface area contributed by atoms with Crippen LogP contribution in [0.4, 0.5) is 0 Å². The number of aromatic hydroxyl groups is 4. The Bertz CT molecular complexity index is 2090. The van der Waals surface area contributed by atoms with Crippen LogP contribution < -0.4 is 0 Å². The normalized spacial score (nSPS) is 14.5. The van der Waals surface area contributed by atoms with Crippen molar-refractivity contribution < 1.29 is 20.4 Å². The summed E-state index contributed by atoms with van der Waals surface area (Å²) in [5.41, 5.74) is 11.4. The highest BCUT2D eigenvalue weighted by molar-refractivity contribution is 5.94. The Morgan fingerprint density at radius 1 is 0.271 bits per heavy atom. The molecule has 4 heteroatoms. The number of phenolic OH excluding ortho intramolecular Hbond substituents is 4. The number of rotatable bonds is 4. The first-order chi connectivity index (χ1) is 23.4. The van der Waals surface area contributed by atoms with E-state index in [1.807, 2.05) is 48.5 Å². The van der Waals surface area contributed by atoms with Crippen molar-refractivity contribution in [3.63, 3.8) is 0 Å². The van der Waals surface area contributed by atoms with Gasteiger partial charge in [-0.05, 0) is 127 Å². The molecule has 9 rings (SSSR count). The minimum absolute atomic E-state index is 0.196. The first-order valence-electron chi connectivity index (χ1n) is 16.0. The van der Waals surface area contributed by atoms with Gasteiger partial charge in [0.15, 0.2) is 0 Å². The van der Waals surface area contributed by atoms with Gasteiger partial charge >= 0.3 is 0 Å². The van der Waals surface area contributed by atoms with Crippen LogP contribution in [0.5, 0.6) is 23.0 Å². The Morgan fingerprint density at radius 2 is 0.542 bits per heavy atom. The molecule has 230 valence electrons. The Kier molecular flexibility index (Phi) is 5.90. The van der Waals surface area contributed by atoms with Gasteiger partial charge in [0.1, 0.15) is 23.0 Å². The van der Waals surface area contributed by atoms with Crippen LogP contribution in [0.3, 0.4) is 0 Å². The lowest BCUT2D eigenvalue weighted by atomic mass is 9.66. The number of hydrogen-bond donors (Lipinski definition) is 4. The van der Waals surface area contributed by atoms with Crippen molar-refractivity contribution in [3.05, 3.63) is 202 Å². The largest absolute Gasteiger partial charge is 0.508 e. The molecule has 7 aromatic carbocycles. The molecular weight excluding hydrogens is 592 g/mol. The van der Waals surface area contributed by atoms with E-state index in [0.29, 0.717) is 0 Å². The maximum atomic E-state index is 10.4. The molecule has 0 saturated heterocycles. The van der Waals surface area contributed by atoms with E-state index in [1.165, 1.54) is 0 Å². The van der Waals surface area contributed by atoms with Gasteiger partial charge in [0.2, 0.25) is 0 Å². The lowest BCUT2D eigenvalue weighted by Gasteiger charge is -2.35. The summed E-state index contributed by atoms with van der Waals surface area (Å²) in [6.45, 7) is 0. The van der Waals surface area contributed by atoms with Crippen LogP contribution in [0.2, 0.25) is 0 Å². The number of benzene rings is 7. The van der Waals surface area contributed by atoms with Crippen molar-refractivity contribution >= 4 is 0 Å². The highest BCUT2D eigenvalue weighted by atomic mass is 16.3. The van der Waals surface area contributed by atoms with Gasteiger partial charge in [0.25, 0.3) is 0 Å². The molecule has 4 nitrogen and oxygen atoms in total. The van der Waals surface area contributed by atoms with Crippen molar-refractivity contribution in [2.75, 3.05) is 0 Å². The van der Waals surface area contributed by atoms with Crippen molar-refractivity contribution in [2.45, 2.75) is 10.8 Å². The van der Waals surface area contributed by atoms with Gasteiger partial charge in [-0.1, -0.05) is 97.1 Å². The third-order valence-electron chi connectivity index (χ3n) is 10.4. The van der Waals surface area contributed by atoms with Crippen LogP contribution in [0.25, 0.3) is 22.3 Å². The minimum Gasteiger partial charge on any atom is -0.508 e. The van der Waals surface area contributed by atoms with Crippen LogP contribution >= 0.6 is 0 Å². The zero-order valence-corrected chi connectivity index (χ0v) is 25.8. The fraction of sp³-hybridized carbons (Fsp3) is 0.0455. The molecule has 0 spiro atoms. The van der Waals surface area contributed by atoms with E-state index < -0.39 is 10.8 Å². The van der Waals surface area contributed by atoms with Crippen molar-refractivity contribution in [1.29, 1.82) is 0 Å². The second-order valence-electron chi connectivity index (χ2n) is 12.7. The summed E-state index contributed by atoms with van der Waals surface area (Å²) in [5, 5.41) is 41.4. The van der Waals surface area contributed by atoms with E-state index in [4.69, 9.17) is 0 Å². The van der Waals surface area contributed by atoms with E-state index in [1.54, 1.807) is 48.5 Å². The van der Waals surface area contributed by atoms with E-state index in [9.17, 15) is 20.4 Å². The van der Waals surface area contributed by atoms with Gasteiger partial charge in [-0.3, -0.25) is 0 Å². The maximum Gasteiger partial charge on any atom is 0.115 e. The predicted molar refractivity (Wildman–Crippen MR) is 188 cm³/mol. The molecule has 48 heavy (non-hydrogen) atoms. The first-order valence-corrected chi connectivity index (χ1v) is 16.0. The number of fused-ring (bicyclic) bond motifs is 6. The second kappa shape index (κ2) is 10.1. The van der Waals surface area contributed by atoms with Crippen molar-refractivity contribution in [3.8, 4) is 45.3 Å². The Hall–Kier alpha value is -6.26. The summed E-state index contributed by atoms with van der Waals surface area (Å²) in [7, 11) is 0. The molecule has 0 saturated carbocycles. The molecule has 2 aliphatic rings.